The molecule has 0 aromatic heterocycles. The monoisotopic (exact) mass is 152 g/mol. The molecule has 0 amide bonds. The lowest BCUT2D eigenvalue weighted by Gasteiger charge is -2.35. The smallest absolute Gasteiger partial charge is 0.0590 e. The molecule has 1 aliphatic carbocycles. The summed E-state index contributed by atoms with van der Waals surface area (Å²) in [7, 11) is 0. The summed E-state index contributed by atoms with van der Waals surface area (Å²) in [5, 5.41) is 0. The minimum atomic E-state index is -0.362. The minimum Gasteiger partial charge on any atom is -0.401 e. The van der Waals surface area contributed by atoms with Crippen LogP contribution in [0.2, 0.25) is 0 Å². The summed E-state index contributed by atoms with van der Waals surface area (Å²) in [6.45, 7) is 6.16. The number of nitrogens with two attached hydrogens (primary N) is 2. The van der Waals surface area contributed by atoms with Crippen LogP contribution in [-0.4, -0.2) is 5.54 Å². The highest BCUT2D eigenvalue weighted by molar-refractivity contribution is 5.33. The van der Waals surface area contributed by atoms with Gasteiger partial charge in [-0.3, -0.25) is 0 Å². The second-order valence-corrected chi connectivity index (χ2v) is 3.54. The van der Waals surface area contributed by atoms with E-state index in [0.29, 0.717) is 5.92 Å². The molecular weight excluding hydrogens is 136 g/mol. The summed E-state index contributed by atoms with van der Waals surface area (Å²) in [5.41, 5.74) is 13.5. The first-order chi connectivity index (χ1) is 4.96. The van der Waals surface area contributed by atoms with E-state index in [2.05, 4.69) is 13.8 Å². The molecule has 0 saturated heterocycles. The fraction of sp³-hybridized carbons (Fsp3) is 0.556. The molecule has 2 nitrogen and oxygen atoms in total. The molecule has 2 unspecified atom stereocenters. The molecule has 0 bridgehead atoms. The van der Waals surface area contributed by atoms with Crippen LogP contribution < -0.4 is 11.5 Å². The zero-order valence-electron chi connectivity index (χ0n) is 7.39. The van der Waals surface area contributed by atoms with Crippen LogP contribution in [0.4, 0.5) is 0 Å². The first kappa shape index (κ1) is 8.34. The van der Waals surface area contributed by atoms with Gasteiger partial charge in [0.05, 0.1) is 5.54 Å². The Morgan fingerprint density at radius 3 is 2.45 bits per heavy atom. The summed E-state index contributed by atoms with van der Waals surface area (Å²) < 4.78 is 0. The molecule has 0 aromatic rings. The van der Waals surface area contributed by atoms with Crippen LogP contribution in [0.1, 0.15) is 20.8 Å². The van der Waals surface area contributed by atoms with E-state index >= 15 is 0 Å². The van der Waals surface area contributed by atoms with Crippen molar-refractivity contribution in [3.63, 3.8) is 0 Å². The van der Waals surface area contributed by atoms with Crippen LogP contribution in [0.5, 0.6) is 0 Å². The average molecular weight is 152 g/mol. The van der Waals surface area contributed by atoms with Gasteiger partial charge in [-0.05, 0) is 19.9 Å². The van der Waals surface area contributed by atoms with Gasteiger partial charge in [0.2, 0.25) is 0 Å². The molecule has 0 saturated carbocycles. The van der Waals surface area contributed by atoms with Gasteiger partial charge in [-0.15, -0.1) is 0 Å². The SMILES string of the molecule is CC1=CC=C(N)C(C)(N)C1C. The van der Waals surface area contributed by atoms with Crippen molar-refractivity contribution >= 4 is 0 Å². The van der Waals surface area contributed by atoms with Crippen LogP contribution in [-0.2, 0) is 0 Å². The van der Waals surface area contributed by atoms with E-state index in [1.165, 1.54) is 5.57 Å². The van der Waals surface area contributed by atoms with E-state index < -0.39 is 0 Å². The molecule has 11 heavy (non-hydrogen) atoms. The van der Waals surface area contributed by atoms with E-state index in [0.717, 1.165) is 5.70 Å². The molecule has 0 spiro atoms. The van der Waals surface area contributed by atoms with Crippen molar-refractivity contribution in [3.05, 3.63) is 23.4 Å². The van der Waals surface area contributed by atoms with Crippen molar-refractivity contribution in [1.82, 2.24) is 0 Å². The van der Waals surface area contributed by atoms with Crippen LogP contribution in [0.3, 0.4) is 0 Å². The maximum Gasteiger partial charge on any atom is 0.0590 e. The summed E-state index contributed by atoms with van der Waals surface area (Å²) in [6.07, 6.45) is 3.93. The molecule has 0 fully saturated rings. The van der Waals surface area contributed by atoms with Gasteiger partial charge in [-0.25, -0.2) is 0 Å². The second-order valence-electron chi connectivity index (χ2n) is 3.54. The Bertz CT molecular complexity index is 224. The van der Waals surface area contributed by atoms with Crippen LogP contribution >= 0.6 is 0 Å². The molecule has 2 atom stereocenters. The average Bonchev–Trinajstić information content (AvgIpc) is 1.95. The lowest BCUT2D eigenvalue weighted by atomic mass is 9.77. The third kappa shape index (κ3) is 1.18. The molecule has 62 valence electrons. The van der Waals surface area contributed by atoms with Crippen molar-refractivity contribution in [2.75, 3.05) is 0 Å². The third-order valence-electron chi connectivity index (χ3n) is 2.73. The molecular formula is C9H16N2. The van der Waals surface area contributed by atoms with Gasteiger partial charge in [0.15, 0.2) is 0 Å². The maximum absolute atomic E-state index is 6.02. The largest absolute Gasteiger partial charge is 0.401 e. The highest BCUT2D eigenvalue weighted by atomic mass is 14.8. The molecule has 0 aromatic carbocycles. The molecule has 4 N–H and O–H groups in total. The number of hydrogen-bond donors (Lipinski definition) is 2. The van der Waals surface area contributed by atoms with Gasteiger partial charge in [-0.2, -0.15) is 0 Å². The van der Waals surface area contributed by atoms with Crippen molar-refractivity contribution in [2.45, 2.75) is 26.3 Å². The van der Waals surface area contributed by atoms with Crippen LogP contribution in [0.25, 0.3) is 0 Å². The minimum absolute atomic E-state index is 0.340. The summed E-state index contributed by atoms with van der Waals surface area (Å²) in [6, 6.07) is 0. The van der Waals surface area contributed by atoms with E-state index in [9.17, 15) is 0 Å². The van der Waals surface area contributed by atoms with Crippen LogP contribution in [0.15, 0.2) is 23.4 Å². The zero-order valence-corrected chi connectivity index (χ0v) is 7.39. The van der Waals surface area contributed by atoms with Gasteiger partial charge in [-0.1, -0.05) is 18.6 Å². The van der Waals surface area contributed by atoms with E-state index in [-0.39, 0.29) is 5.54 Å². The Labute approximate surface area is 68.0 Å². The summed E-state index contributed by atoms with van der Waals surface area (Å²) >= 11 is 0. The van der Waals surface area contributed by atoms with Crippen LogP contribution in [0, 0.1) is 5.92 Å². The second kappa shape index (κ2) is 2.38. The van der Waals surface area contributed by atoms with Gasteiger partial charge in [0.1, 0.15) is 0 Å². The van der Waals surface area contributed by atoms with Gasteiger partial charge in [0, 0.05) is 11.6 Å². The number of hydrogen-bond acceptors (Lipinski definition) is 2. The molecule has 0 heterocycles. The Morgan fingerprint density at radius 2 is 2.00 bits per heavy atom. The highest BCUT2D eigenvalue weighted by Gasteiger charge is 2.31. The van der Waals surface area contributed by atoms with E-state index in [4.69, 9.17) is 11.5 Å². The maximum atomic E-state index is 6.02. The molecule has 1 rings (SSSR count). The van der Waals surface area contributed by atoms with Gasteiger partial charge < -0.3 is 11.5 Å². The molecule has 0 radical (unpaired) electrons. The predicted molar refractivity (Wildman–Crippen MR) is 47.8 cm³/mol. The predicted octanol–water partition coefficient (Wildman–Crippen LogP) is 1.14. The first-order valence-corrected chi connectivity index (χ1v) is 3.89. The lowest BCUT2D eigenvalue weighted by Crippen LogP contribution is -2.49. The van der Waals surface area contributed by atoms with Crippen molar-refractivity contribution < 1.29 is 0 Å². The number of allylic oxidation sites excluding steroid dienone is 2. The van der Waals surface area contributed by atoms with Gasteiger partial charge >= 0.3 is 0 Å². The molecule has 1 aliphatic rings. The topological polar surface area (TPSA) is 52.0 Å². The van der Waals surface area contributed by atoms with Crippen molar-refractivity contribution in [2.24, 2.45) is 17.4 Å². The Hall–Kier alpha value is -0.760. The lowest BCUT2D eigenvalue weighted by molar-refractivity contribution is 0.406. The van der Waals surface area contributed by atoms with E-state index in [1.807, 2.05) is 19.1 Å². The van der Waals surface area contributed by atoms with E-state index in [1.54, 1.807) is 0 Å². The summed E-state index contributed by atoms with van der Waals surface area (Å²) in [4.78, 5) is 0. The normalized spacial score (nSPS) is 38.0. The quantitative estimate of drug-likeness (QED) is 0.547. The Morgan fingerprint density at radius 1 is 1.45 bits per heavy atom. The Kier molecular flexibility index (Phi) is 1.80. The standard InChI is InChI=1S/C9H16N2/c1-6-4-5-8(10)9(3,11)7(6)2/h4-5,7H,10-11H2,1-3H3. The fourth-order valence-electron chi connectivity index (χ4n) is 1.27. The molecule has 2 heteroatoms. The highest BCUT2D eigenvalue weighted by Crippen LogP contribution is 2.29. The Balaban J connectivity index is 3.03. The first-order valence-electron chi connectivity index (χ1n) is 3.89. The fourth-order valence-corrected chi connectivity index (χ4v) is 1.27. The zero-order chi connectivity index (χ0) is 8.65. The van der Waals surface area contributed by atoms with Crippen molar-refractivity contribution in [1.29, 1.82) is 0 Å². The summed E-state index contributed by atoms with van der Waals surface area (Å²) in [5.74, 6) is 0.340. The van der Waals surface area contributed by atoms with Gasteiger partial charge in [0.25, 0.3) is 0 Å². The van der Waals surface area contributed by atoms with Crippen molar-refractivity contribution in [3.8, 4) is 0 Å². The number of rotatable bonds is 0. The molecule has 0 aliphatic heterocycles. The third-order valence-corrected chi connectivity index (χ3v) is 2.73.